The minimum absolute atomic E-state index is 0.0944. The third-order valence-corrected chi connectivity index (χ3v) is 5.09. The number of morpholine rings is 1. The van der Waals surface area contributed by atoms with E-state index in [1.54, 1.807) is 4.90 Å². The molecule has 0 radical (unpaired) electrons. The van der Waals surface area contributed by atoms with Crippen molar-refractivity contribution in [1.29, 1.82) is 0 Å². The number of rotatable bonds is 4. The second-order valence-corrected chi connectivity index (χ2v) is 6.99. The maximum Gasteiger partial charge on any atom is 0.275 e. The summed E-state index contributed by atoms with van der Waals surface area (Å²) < 4.78 is 11.6. The monoisotopic (exact) mass is 385 g/mol. The zero-order chi connectivity index (χ0) is 18.8. The summed E-state index contributed by atoms with van der Waals surface area (Å²) in [5.74, 6) is 0.644. The number of aryl methyl sites for hydroxylation is 1. The Morgan fingerprint density at radius 2 is 2.22 bits per heavy atom. The molecule has 2 heterocycles. The average Bonchev–Trinajstić information content (AvgIpc) is 3.13. The van der Waals surface area contributed by atoms with Crippen LogP contribution in [0.2, 0.25) is 5.02 Å². The number of hydrogen-bond acceptors (Lipinski definition) is 4. The summed E-state index contributed by atoms with van der Waals surface area (Å²) in [6.07, 6.45) is -0.191. The number of H-pyrrole nitrogens is 1. The minimum Gasteiger partial charge on any atom is -0.491 e. The quantitative estimate of drug-likeness (QED) is 0.747. The van der Waals surface area contributed by atoms with Gasteiger partial charge in [-0.2, -0.15) is 5.10 Å². The van der Waals surface area contributed by atoms with Crippen LogP contribution in [0.4, 0.5) is 0 Å². The lowest BCUT2D eigenvalue weighted by Crippen LogP contribution is -2.47. The molecule has 140 valence electrons. The summed E-state index contributed by atoms with van der Waals surface area (Å²) in [5, 5.41) is 8.66. The lowest BCUT2D eigenvalue weighted by atomic mass is 10.2. The van der Waals surface area contributed by atoms with Gasteiger partial charge in [-0.05, 0) is 36.8 Å². The van der Waals surface area contributed by atoms with Crippen LogP contribution < -0.4 is 4.74 Å². The summed E-state index contributed by atoms with van der Waals surface area (Å²) in [6, 6.07) is 13.2. The third kappa shape index (κ3) is 3.77. The van der Waals surface area contributed by atoms with Crippen molar-refractivity contribution in [3.05, 3.63) is 58.7 Å². The van der Waals surface area contributed by atoms with Crippen molar-refractivity contribution in [2.75, 3.05) is 26.3 Å². The van der Waals surface area contributed by atoms with Crippen molar-refractivity contribution in [3.63, 3.8) is 0 Å². The van der Waals surface area contributed by atoms with Gasteiger partial charge in [0, 0.05) is 17.0 Å². The summed E-state index contributed by atoms with van der Waals surface area (Å²) in [4.78, 5) is 14.7. The fraction of sp³-hybridized carbons (Fsp3) is 0.300. The number of benzene rings is 2. The van der Waals surface area contributed by atoms with Gasteiger partial charge in [-0.1, -0.05) is 29.8 Å². The molecule has 1 aliphatic heterocycles. The standard InChI is InChI=1S/C20H20ClN3O3/c1-13-10-14(6-7-17(13)21)27-12-15-11-24(8-9-26-15)20(25)19-16-4-2-3-5-18(16)22-23-19/h2-7,10,15H,8-9,11-12H2,1H3,(H,22,23). The molecule has 0 bridgehead atoms. The van der Waals surface area contributed by atoms with Crippen molar-refractivity contribution >= 4 is 28.4 Å². The molecule has 6 nitrogen and oxygen atoms in total. The Kier molecular flexibility index (Phi) is 5.01. The van der Waals surface area contributed by atoms with Crippen LogP contribution in [0.1, 0.15) is 16.1 Å². The van der Waals surface area contributed by atoms with E-state index in [0.717, 1.165) is 22.2 Å². The van der Waals surface area contributed by atoms with E-state index in [2.05, 4.69) is 10.2 Å². The number of aromatic nitrogens is 2. The van der Waals surface area contributed by atoms with Gasteiger partial charge >= 0.3 is 0 Å². The highest BCUT2D eigenvalue weighted by atomic mass is 35.5. The number of hydrogen-bond donors (Lipinski definition) is 1. The molecule has 4 rings (SSSR count). The molecule has 0 aliphatic carbocycles. The third-order valence-electron chi connectivity index (χ3n) is 4.66. The minimum atomic E-state index is -0.191. The molecule has 27 heavy (non-hydrogen) atoms. The first-order valence-corrected chi connectivity index (χ1v) is 9.22. The van der Waals surface area contributed by atoms with Gasteiger partial charge in [0.05, 0.1) is 18.7 Å². The number of nitrogens with one attached hydrogen (secondary N) is 1. The van der Waals surface area contributed by atoms with Crippen LogP contribution in [0.25, 0.3) is 10.9 Å². The van der Waals surface area contributed by atoms with E-state index in [1.807, 2.05) is 49.4 Å². The first-order valence-electron chi connectivity index (χ1n) is 8.85. The van der Waals surface area contributed by atoms with E-state index < -0.39 is 0 Å². The number of fused-ring (bicyclic) bond motifs is 1. The molecule has 0 spiro atoms. The van der Waals surface area contributed by atoms with Gasteiger partial charge < -0.3 is 14.4 Å². The molecule has 1 aromatic heterocycles. The maximum atomic E-state index is 12.9. The smallest absolute Gasteiger partial charge is 0.275 e. The number of para-hydroxylation sites is 1. The van der Waals surface area contributed by atoms with Crippen LogP contribution in [0.5, 0.6) is 5.75 Å². The Bertz CT molecular complexity index is 972. The predicted molar refractivity (Wildman–Crippen MR) is 103 cm³/mol. The lowest BCUT2D eigenvalue weighted by molar-refractivity contribution is -0.0402. The molecule has 1 atom stereocenters. The van der Waals surface area contributed by atoms with Gasteiger partial charge in [0.15, 0.2) is 5.69 Å². The number of amides is 1. The van der Waals surface area contributed by atoms with Crippen LogP contribution in [0, 0.1) is 6.92 Å². The first kappa shape index (κ1) is 17.8. The fourth-order valence-corrected chi connectivity index (χ4v) is 3.29. The van der Waals surface area contributed by atoms with E-state index in [1.165, 1.54) is 0 Å². The number of aromatic amines is 1. The molecule has 1 unspecified atom stereocenters. The van der Waals surface area contributed by atoms with Crippen LogP contribution in [-0.4, -0.2) is 53.4 Å². The normalized spacial score (nSPS) is 17.3. The topological polar surface area (TPSA) is 67.5 Å². The number of ether oxygens (including phenoxy) is 2. The van der Waals surface area contributed by atoms with Gasteiger partial charge in [0.2, 0.25) is 0 Å². The largest absolute Gasteiger partial charge is 0.491 e. The second-order valence-electron chi connectivity index (χ2n) is 6.58. The highest BCUT2D eigenvalue weighted by molar-refractivity contribution is 6.31. The van der Waals surface area contributed by atoms with Gasteiger partial charge in [-0.3, -0.25) is 9.89 Å². The summed E-state index contributed by atoms with van der Waals surface area (Å²) in [6.45, 7) is 3.78. The molecule has 2 aromatic carbocycles. The SMILES string of the molecule is Cc1cc(OCC2CN(C(=O)c3n[nH]c4ccccc34)CCO2)ccc1Cl. The highest BCUT2D eigenvalue weighted by Gasteiger charge is 2.27. The Labute approximate surface area is 162 Å². The molecule has 7 heteroatoms. The Morgan fingerprint density at radius 1 is 1.37 bits per heavy atom. The van der Waals surface area contributed by atoms with E-state index in [-0.39, 0.29) is 12.0 Å². The van der Waals surface area contributed by atoms with Crippen molar-refractivity contribution in [3.8, 4) is 5.75 Å². The molecule has 1 saturated heterocycles. The van der Waals surface area contributed by atoms with Crippen molar-refractivity contribution in [1.82, 2.24) is 15.1 Å². The van der Waals surface area contributed by atoms with E-state index in [4.69, 9.17) is 21.1 Å². The van der Waals surface area contributed by atoms with E-state index in [0.29, 0.717) is 37.0 Å². The summed E-state index contributed by atoms with van der Waals surface area (Å²) in [5.41, 5.74) is 2.26. The maximum absolute atomic E-state index is 12.9. The molecular weight excluding hydrogens is 366 g/mol. The average molecular weight is 386 g/mol. The van der Waals surface area contributed by atoms with Crippen LogP contribution >= 0.6 is 11.6 Å². The fourth-order valence-electron chi connectivity index (χ4n) is 3.18. The van der Waals surface area contributed by atoms with Crippen molar-refractivity contribution in [2.24, 2.45) is 0 Å². The predicted octanol–water partition coefficient (Wildman–Crippen LogP) is 3.44. The van der Waals surface area contributed by atoms with Crippen LogP contribution in [0.15, 0.2) is 42.5 Å². The van der Waals surface area contributed by atoms with Gasteiger partial charge in [-0.15, -0.1) is 0 Å². The van der Waals surface area contributed by atoms with Gasteiger partial charge in [-0.25, -0.2) is 0 Å². The van der Waals surface area contributed by atoms with Crippen LogP contribution in [0.3, 0.4) is 0 Å². The van der Waals surface area contributed by atoms with Crippen molar-refractivity contribution < 1.29 is 14.3 Å². The number of halogens is 1. The molecule has 0 saturated carbocycles. The summed E-state index contributed by atoms with van der Waals surface area (Å²) in [7, 11) is 0. The zero-order valence-corrected chi connectivity index (χ0v) is 15.7. The molecule has 1 amide bonds. The van der Waals surface area contributed by atoms with E-state index >= 15 is 0 Å². The lowest BCUT2D eigenvalue weighted by Gasteiger charge is -2.32. The summed E-state index contributed by atoms with van der Waals surface area (Å²) >= 11 is 6.04. The Morgan fingerprint density at radius 3 is 3.07 bits per heavy atom. The molecule has 3 aromatic rings. The first-order chi connectivity index (χ1) is 13.1. The van der Waals surface area contributed by atoms with Gasteiger partial charge in [0.25, 0.3) is 5.91 Å². The molecule has 1 aliphatic rings. The molecular formula is C20H20ClN3O3. The Balaban J connectivity index is 1.41. The van der Waals surface area contributed by atoms with Crippen LogP contribution in [-0.2, 0) is 4.74 Å². The number of carbonyl (C=O) groups excluding carboxylic acids is 1. The highest BCUT2D eigenvalue weighted by Crippen LogP contribution is 2.22. The molecule has 1 fully saturated rings. The number of carbonyl (C=O) groups is 1. The number of nitrogens with zero attached hydrogens (tertiary/aromatic N) is 2. The van der Waals surface area contributed by atoms with Gasteiger partial charge in [0.1, 0.15) is 18.5 Å². The van der Waals surface area contributed by atoms with E-state index in [9.17, 15) is 4.79 Å². The second kappa shape index (κ2) is 7.58. The van der Waals surface area contributed by atoms with Crippen molar-refractivity contribution in [2.45, 2.75) is 13.0 Å². The Hall–Kier alpha value is -2.57. The zero-order valence-electron chi connectivity index (χ0n) is 14.9. The molecule has 1 N–H and O–H groups in total.